The van der Waals surface area contributed by atoms with Crippen molar-refractivity contribution >= 4 is 76.7 Å². The molecular formula is C46H24N6. The van der Waals surface area contributed by atoms with Gasteiger partial charge in [0.15, 0.2) is 0 Å². The first-order valence-corrected chi connectivity index (χ1v) is 17.1. The molecule has 0 bridgehead atoms. The Morgan fingerprint density at radius 2 is 0.808 bits per heavy atom. The molecule has 0 saturated heterocycles. The van der Waals surface area contributed by atoms with Crippen LogP contribution < -0.4 is 0 Å². The van der Waals surface area contributed by atoms with Crippen LogP contribution in [0.5, 0.6) is 0 Å². The minimum atomic E-state index is 0.616. The lowest BCUT2D eigenvalue weighted by atomic mass is 9.94. The van der Waals surface area contributed by atoms with Crippen LogP contribution in [-0.4, -0.2) is 18.8 Å². The summed E-state index contributed by atoms with van der Waals surface area (Å²) in [6.45, 7) is 0. The lowest BCUT2D eigenvalue weighted by Gasteiger charge is -2.13. The molecule has 0 spiro atoms. The minimum Gasteiger partial charge on any atom is -0.292 e. The zero-order valence-electron chi connectivity index (χ0n) is 27.5. The van der Waals surface area contributed by atoms with Gasteiger partial charge in [-0.2, -0.15) is 10.5 Å². The van der Waals surface area contributed by atoms with Gasteiger partial charge in [-0.1, -0.05) is 66.7 Å². The molecule has 0 fully saturated rings. The third kappa shape index (κ3) is 3.92. The first kappa shape index (κ1) is 28.3. The van der Waals surface area contributed by atoms with E-state index in [0.29, 0.717) is 11.1 Å². The minimum absolute atomic E-state index is 0.616. The number of benzene rings is 7. The Morgan fingerprint density at radius 1 is 0.365 bits per heavy atom. The number of hydrogen-bond acceptors (Lipinski definition) is 4. The Hall–Kier alpha value is -7.54. The van der Waals surface area contributed by atoms with Crippen LogP contribution in [0.15, 0.2) is 146 Å². The molecular weight excluding hydrogens is 637 g/mol. The number of nitrogens with zero attached hydrogens (tertiary/aromatic N) is 6. The van der Waals surface area contributed by atoms with Crippen molar-refractivity contribution in [2.24, 2.45) is 0 Å². The molecule has 0 aliphatic rings. The summed E-state index contributed by atoms with van der Waals surface area (Å²) in [5, 5.41) is 26.0. The summed E-state index contributed by atoms with van der Waals surface area (Å²) in [5.74, 6) is 0. The Morgan fingerprint density at radius 3 is 1.29 bits per heavy atom. The highest BCUT2D eigenvalue weighted by atomic mass is 15.0. The van der Waals surface area contributed by atoms with Crippen molar-refractivity contribution in [3.63, 3.8) is 0 Å². The lowest BCUT2D eigenvalue weighted by Crippen LogP contribution is -1.93. The van der Waals surface area contributed by atoms with Crippen LogP contribution in [0.1, 0.15) is 11.1 Å². The van der Waals surface area contributed by atoms with Gasteiger partial charge in [-0.15, -0.1) is 0 Å². The molecule has 6 heteroatoms. The van der Waals surface area contributed by atoms with Crippen LogP contribution in [0.2, 0.25) is 0 Å². The molecule has 7 aromatic carbocycles. The molecule has 0 aliphatic heterocycles. The third-order valence-corrected chi connectivity index (χ3v) is 10.5. The Balaban J connectivity index is 1.11. The van der Waals surface area contributed by atoms with E-state index in [1.807, 2.05) is 60.7 Å². The molecule has 11 rings (SSSR count). The van der Waals surface area contributed by atoms with E-state index in [2.05, 4.69) is 106 Å². The second-order valence-corrected chi connectivity index (χ2v) is 13.3. The number of pyridine rings is 2. The molecule has 0 radical (unpaired) electrons. The molecule has 0 saturated carbocycles. The normalized spacial score (nSPS) is 11.8. The van der Waals surface area contributed by atoms with Gasteiger partial charge >= 0.3 is 0 Å². The van der Waals surface area contributed by atoms with Crippen molar-refractivity contribution in [2.45, 2.75) is 0 Å². The number of para-hydroxylation sites is 4. The zero-order valence-corrected chi connectivity index (χ0v) is 27.5. The van der Waals surface area contributed by atoms with Crippen LogP contribution in [-0.2, 0) is 0 Å². The average molecular weight is 661 g/mol. The first-order chi connectivity index (χ1) is 25.7. The van der Waals surface area contributed by atoms with Gasteiger partial charge in [0.1, 0.15) is 11.3 Å². The molecule has 11 aromatic rings. The number of aromatic nitrogens is 4. The number of fused-ring (bicyclic) bond motifs is 16. The van der Waals surface area contributed by atoms with Crippen molar-refractivity contribution in [3.8, 4) is 34.4 Å². The molecule has 0 aliphatic carbocycles. The molecule has 4 heterocycles. The average Bonchev–Trinajstić information content (AvgIpc) is 3.80. The van der Waals surface area contributed by atoms with Crippen LogP contribution in [0.25, 0.3) is 99.0 Å². The summed E-state index contributed by atoms with van der Waals surface area (Å²) < 4.78 is 4.36. The summed E-state index contributed by atoms with van der Waals surface area (Å²) in [4.78, 5) is 10.1. The summed E-state index contributed by atoms with van der Waals surface area (Å²) in [6.07, 6.45) is 0. The van der Waals surface area contributed by atoms with Gasteiger partial charge in [0.25, 0.3) is 0 Å². The van der Waals surface area contributed by atoms with E-state index in [1.165, 1.54) is 0 Å². The first-order valence-electron chi connectivity index (χ1n) is 17.1. The van der Waals surface area contributed by atoms with Crippen molar-refractivity contribution in [2.75, 3.05) is 0 Å². The summed E-state index contributed by atoms with van der Waals surface area (Å²) in [7, 11) is 0. The van der Waals surface area contributed by atoms with Crippen molar-refractivity contribution < 1.29 is 0 Å². The van der Waals surface area contributed by atoms with Gasteiger partial charge in [0.2, 0.25) is 0 Å². The quantitative estimate of drug-likeness (QED) is 0.173. The molecule has 0 amide bonds. The monoisotopic (exact) mass is 660 g/mol. The van der Waals surface area contributed by atoms with Crippen molar-refractivity contribution in [3.05, 3.63) is 157 Å². The van der Waals surface area contributed by atoms with Crippen molar-refractivity contribution in [1.29, 1.82) is 10.5 Å². The standard InChI is InChI=1S/C46H24N6/c47-25-27-12-16-33-37-23-31(14-18-35(37)45-49-39-8-1-3-10-41(39)51(45)43(33)20-27)29-6-5-7-30(22-29)32-15-19-36-38(24-32)34-17-13-28(26-48)21-44(34)52-42-11-4-2-9-40(42)50-46(36)52/h1-24H. The maximum absolute atomic E-state index is 9.78. The summed E-state index contributed by atoms with van der Waals surface area (Å²) in [5.41, 5.74) is 13.2. The van der Waals surface area contributed by atoms with E-state index in [-0.39, 0.29) is 0 Å². The van der Waals surface area contributed by atoms with Crippen LogP contribution in [0.3, 0.4) is 0 Å². The van der Waals surface area contributed by atoms with Gasteiger partial charge in [-0.05, 0) is 112 Å². The fourth-order valence-electron chi connectivity index (χ4n) is 8.09. The molecule has 0 unspecified atom stereocenters. The Kier molecular flexibility index (Phi) is 5.71. The molecule has 52 heavy (non-hydrogen) atoms. The third-order valence-electron chi connectivity index (χ3n) is 10.5. The van der Waals surface area contributed by atoms with E-state index >= 15 is 0 Å². The SMILES string of the molecule is N#Cc1ccc2c3cc(-c4cccc(-c5ccc6c(c5)c5ccc(C#N)cc5n5c7ccccc7nc65)c4)ccc3c3nc4ccccc4n3c2c1. The molecule has 0 N–H and O–H groups in total. The van der Waals surface area contributed by atoms with Gasteiger partial charge in [-0.3, -0.25) is 8.80 Å². The largest absolute Gasteiger partial charge is 0.292 e. The van der Waals surface area contributed by atoms with E-state index in [9.17, 15) is 10.5 Å². The maximum Gasteiger partial charge on any atom is 0.146 e. The number of rotatable bonds is 2. The molecule has 0 atom stereocenters. The Bertz CT molecular complexity index is 3220. The number of imidazole rings is 2. The van der Waals surface area contributed by atoms with Crippen LogP contribution in [0, 0.1) is 22.7 Å². The van der Waals surface area contributed by atoms with Crippen LogP contribution >= 0.6 is 0 Å². The summed E-state index contributed by atoms with van der Waals surface area (Å²) in [6, 6.07) is 54.7. The number of nitriles is 2. The fraction of sp³-hybridized carbons (Fsp3) is 0. The predicted octanol–water partition coefficient (Wildman–Crippen LogP) is 11.0. The van der Waals surface area contributed by atoms with Gasteiger partial charge in [0, 0.05) is 21.5 Å². The lowest BCUT2D eigenvalue weighted by molar-refractivity contribution is 1.31. The highest BCUT2D eigenvalue weighted by molar-refractivity contribution is 6.16. The van der Waals surface area contributed by atoms with E-state index in [0.717, 1.165) is 99.0 Å². The molecule has 4 aromatic heterocycles. The Labute approximate surface area is 296 Å². The van der Waals surface area contributed by atoms with E-state index < -0.39 is 0 Å². The highest BCUT2D eigenvalue weighted by Crippen LogP contribution is 2.38. The zero-order chi connectivity index (χ0) is 34.5. The molecule has 6 nitrogen and oxygen atoms in total. The second-order valence-electron chi connectivity index (χ2n) is 13.3. The van der Waals surface area contributed by atoms with E-state index in [4.69, 9.17) is 9.97 Å². The maximum atomic E-state index is 9.78. The van der Waals surface area contributed by atoms with Gasteiger partial charge < -0.3 is 0 Å². The smallest absolute Gasteiger partial charge is 0.146 e. The summed E-state index contributed by atoms with van der Waals surface area (Å²) >= 11 is 0. The second kappa shape index (κ2) is 10.5. The fourth-order valence-corrected chi connectivity index (χ4v) is 8.09. The topological polar surface area (TPSA) is 82.2 Å². The van der Waals surface area contributed by atoms with Gasteiger partial charge in [0.05, 0.1) is 56.4 Å². The number of hydrogen-bond donors (Lipinski definition) is 0. The highest BCUT2D eigenvalue weighted by Gasteiger charge is 2.17. The van der Waals surface area contributed by atoms with Gasteiger partial charge in [-0.25, -0.2) is 9.97 Å². The predicted molar refractivity (Wildman–Crippen MR) is 209 cm³/mol. The van der Waals surface area contributed by atoms with Crippen molar-refractivity contribution in [1.82, 2.24) is 18.8 Å². The van der Waals surface area contributed by atoms with E-state index in [1.54, 1.807) is 0 Å². The molecule has 238 valence electrons. The van der Waals surface area contributed by atoms with Crippen LogP contribution in [0.4, 0.5) is 0 Å².